The minimum absolute atomic E-state index is 0.364. The van der Waals surface area contributed by atoms with Crippen LogP contribution in [0.15, 0.2) is 30.5 Å². The van der Waals surface area contributed by atoms with Crippen LogP contribution < -0.4 is 5.73 Å². The third-order valence-corrected chi connectivity index (χ3v) is 2.63. The Labute approximate surface area is 95.9 Å². The normalized spacial score (nSPS) is 11.0. The Kier molecular flexibility index (Phi) is 2.69. The molecule has 0 aliphatic rings. The maximum absolute atomic E-state index is 5.93. The summed E-state index contributed by atoms with van der Waals surface area (Å²) in [5.41, 5.74) is 10.1. The number of rotatable bonds is 2. The smallest absolute Gasteiger partial charge is 0.0740 e. The van der Waals surface area contributed by atoms with Gasteiger partial charge in [0, 0.05) is 0 Å². The van der Waals surface area contributed by atoms with Gasteiger partial charge in [-0.05, 0) is 30.5 Å². The van der Waals surface area contributed by atoms with Crippen LogP contribution in [0.2, 0.25) is 0 Å². The van der Waals surface area contributed by atoms with Gasteiger partial charge in [0.1, 0.15) is 0 Å². The highest BCUT2D eigenvalue weighted by molar-refractivity contribution is 5.48. The van der Waals surface area contributed by atoms with Crippen LogP contribution in [-0.2, 0) is 0 Å². The summed E-state index contributed by atoms with van der Waals surface area (Å²) in [6.07, 6.45) is 1.72. The van der Waals surface area contributed by atoms with Gasteiger partial charge in [0.25, 0.3) is 0 Å². The molecule has 84 valence electrons. The number of aryl methyl sites for hydroxylation is 1. The van der Waals surface area contributed by atoms with Crippen molar-refractivity contribution in [2.75, 3.05) is 5.73 Å². The molecule has 0 amide bonds. The van der Waals surface area contributed by atoms with E-state index in [1.54, 1.807) is 6.20 Å². The number of nitrogen functional groups attached to an aromatic ring is 1. The van der Waals surface area contributed by atoms with E-state index in [1.165, 1.54) is 5.56 Å². The number of aromatic nitrogens is 2. The largest absolute Gasteiger partial charge is 0.396 e. The first-order valence-corrected chi connectivity index (χ1v) is 5.50. The van der Waals surface area contributed by atoms with E-state index in [2.05, 4.69) is 38.0 Å². The summed E-state index contributed by atoms with van der Waals surface area (Å²) in [7, 11) is 0. The molecule has 0 radical (unpaired) electrons. The van der Waals surface area contributed by atoms with Crippen molar-refractivity contribution in [1.29, 1.82) is 0 Å². The molecule has 0 atom stereocenters. The molecule has 1 aromatic carbocycles. The van der Waals surface area contributed by atoms with Crippen LogP contribution in [0.4, 0.5) is 5.69 Å². The van der Waals surface area contributed by atoms with Crippen molar-refractivity contribution in [3.8, 4) is 5.69 Å². The van der Waals surface area contributed by atoms with Crippen LogP contribution in [0.3, 0.4) is 0 Å². The van der Waals surface area contributed by atoms with E-state index in [0.29, 0.717) is 5.92 Å². The fraction of sp³-hybridized carbons (Fsp3) is 0.308. The third kappa shape index (κ3) is 1.81. The van der Waals surface area contributed by atoms with Crippen molar-refractivity contribution in [2.45, 2.75) is 26.7 Å². The Morgan fingerprint density at radius 3 is 2.69 bits per heavy atom. The molecule has 0 fully saturated rings. The zero-order valence-corrected chi connectivity index (χ0v) is 9.94. The van der Waals surface area contributed by atoms with Gasteiger partial charge in [-0.1, -0.05) is 26.0 Å². The molecule has 3 heteroatoms. The SMILES string of the molecule is Cc1cccc(-n2ncc(N)c2C(C)C)c1. The van der Waals surface area contributed by atoms with Crippen molar-refractivity contribution in [2.24, 2.45) is 0 Å². The van der Waals surface area contributed by atoms with Crippen LogP contribution in [0.25, 0.3) is 5.69 Å². The van der Waals surface area contributed by atoms with Gasteiger partial charge in [-0.15, -0.1) is 0 Å². The lowest BCUT2D eigenvalue weighted by Crippen LogP contribution is -2.05. The number of anilines is 1. The van der Waals surface area contributed by atoms with E-state index in [0.717, 1.165) is 17.1 Å². The maximum atomic E-state index is 5.93. The molecular formula is C13H17N3. The first kappa shape index (κ1) is 10.7. The Bertz CT molecular complexity index is 498. The van der Waals surface area contributed by atoms with E-state index < -0.39 is 0 Å². The van der Waals surface area contributed by atoms with Gasteiger partial charge < -0.3 is 5.73 Å². The van der Waals surface area contributed by atoms with E-state index in [9.17, 15) is 0 Å². The third-order valence-electron chi connectivity index (χ3n) is 2.63. The summed E-state index contributed by atoms with van der Waals surface area (Å²) in [6, 6.07) is 8.27. The van der Waals surface area contributed by atoms with Crippen LogP contribution in [0.1, 0.15) is 31.0 Å². The Morgan fingerprint density at radius 1 is 1.31 bits per heavy atom. The predicted octanol–water partition coefficient (Wildman–Crippen LogP) is 2.89. The molecule has 2 rings (SSSR count). The molecule has 1 aromatic heterocycles. The molecule has 3 nitrogen and oxygen atoms in total. The van der Waals surface area contributed by atoms with E-state index in [1.807, 2.05) is 16.8 Å². The zero-order valence-electron chi connectivity index (χ0n) is 9.94. The molecule has 2 aromatic rings. The lowest BCUT2D eigenvalue weighted by molar-refractivity contribution is 0.735. The lowest BCUT2D eigenvalue weighted by atomic mass is 10.1. The molecule has 2 N–H and O–H groups in total. The molecular weight excluding hydrogens is 198 g/mol. The number of nitrogens with two attached hydrogens (primary N) is 1. The van der Waals surface area contributed by atoms with Crippen LogP contribution in [0.5, 0.6) is 0 Å². The second kappa shape index (κ2) is 4.00. The molecule has 16 heavy (non-hydrogen) atoms. The van der Waals surface area contributed by atoms with Crippen LogP contribution >= 0.6 is 0 Å². The van der Waals surface area contributed by atoms with Crippen molar-refractivity contribution in [3.63, 3.8) is 0 Å². The van der Waals surface area contributed by atoms with E-state index in [-0.39, 0.29) is 0 Å². The summed E-state index contributed by atoms with van der Waals surface area (Å²) >= 11 is 0. The van der Waals surface area contributed by atoms with Gasteiger partial charge in [-0.3, -0.25) is 0 Å². The molecule has 0 aliphatic heterocycles. The van der Waals surface area contributed by atoms with E-state index >= 15 is 0 Å². The maximum Gasteiger partial charge on any atom is 0.0740 e. The molecule has 0 saturated heterocycles. The second-order valence-electron chi connectivity index (χ2n) is 4.39. The highest BCUT2D eigenvalue weighted by Crippen LogP contribution is 2.24. The monoisotopic (exact) mass is 215 g/mol. The first-order chi connectivity index (χ1) is 7.59. The second-order valence-corrected chi connectivity index (χ2v) is 4.39. The minimum atomic E-state index is 0.364. The fourth-order valence-corrected chi connectivity index (χ4v) is 1.91. The van der Waals surface area contributed by atoms with E-state index in [4.69, 9.17) is 5.73 Å². The predicted molar refractivity (Wildman–Crippen MR) is 66.8 cm³/mol. The van der Waals surface area contributed by atoms with Gasteiger partial charge in [0.05, 0.1) is 23.3 Å². The van der Waals surface area contributed by atoms with Crippen molar-refractivity contribution < 1.29 is 0 Å². The van der Waals surface area contributed by atoms with Gasteiger partial charge in [0.2, 0.25) is 0 Å². The summed E-state index contributed by atoms with van der Waals surface area (Å²) in [4.78, 5) is 0. The van der Waals surface area contributed by atoms with Crippen molar-refractivity contribution >= 4 is 5.69 Å². The van der Waals surface area contributed by atoms with Gasteiger partial charge >= 0.3 is 0 Å². The molecule has 0 unspecified atom stereocenters. The summed E-state index contributed by atoms with van der Waals surface area (Å²) in [5.74, 6) is 0.364. The van der Waals surface area contributed by atoms with Gasteiger partial charge in [0.15, 0.2) is 0 Å². The number of hydrogen-bond donors (Lipinski definition) is 1. The minimum Gasteiger partial charge on any atom is -0.396 e. The molecule has 1 heterocycles. The highest BCUT2D eigenvalue weighted by Gasteiger charge is 2.13. The Balaban J connectivity index is 2.56. The summed E-state index contributed by atoms with van der Waals surface area (Å²) in [5, 5.41) is 4.34. The van der Waals surface area contributed by atoms with Crippen molar-refractivity contribution in [3.05, 3.63) is 41.7 Å². The molecule has 0 bridgehead atoms. The fourth-order valence-electron chi connectivity index (χ4n) is 1.91. The van der Waals surface area contributed by atoms with Crippen LogP contribution in [0, 0.1) is 6.92 Å². The summed E-state index contributed by atoms with van der Waals surface area (Å²) < 4.78 is 1.92. The Hall–Kier alpha value is -1.77. The average Bonchev–Trinajstić information content (AvgIpc) is 2.60. The number of nitrogens with zero attached hydrogens (tertiary/aromatic N) is 2. The molecule has 0 saturated carbocycles. The topological polar surface area (TPSA) is 43.8 Å². The summed E-state index contributed by atoms with van der Waals surface area (Å²) in [6.45, 7) is 6.32. The molecule has 0 spiro atoms. The number of benzene rings is 1. The quantitative estimate of drug-likeness (QED) is 0.837. The average molecular weight is 215 g/mol. The number of hydrogen-bond acceptors (Lipinski definition) is 2. The standard InChI is InChI=1S/C13H17N3/c1-9(2)13-12(14)8-15-16(13)11-6-4-5-10(3)7-11/h4-9H,14H2,1-3H3. The van der Waals surface area contributed by atoms with Crippen LogP contribution in [-0.4, -0.2) is 9.78 Å². The lowest BCUT2D eigenvalue weighted by Gasteiger charge is -2.11. The van der Waals surface area contributed by atoms with Crippen molar-refractivity contribution in [1.82, 2.24) is 9.78 Å². The van der Waals surface area contributed by atoms with Gasteiger partial charge in [-0.25, -0.2) is 4.68 Å². The first-order valence-electron chi connectivity index (χ1n) is 5.50. The molecule has 0 aliphatic carbocycles. The zero-order chi connectivity index (χ0) is 11.7. The van der Waals surface area contributed by atoms with Gasteiger partial charge in [-0.2, -0.15) is 5.10 Å². The highest BCUT2D eigenvalue weighted by atomic mass is 15.3. The Morgan fingerprint density at radius 2 is 2.06 bits per heavy atom.